The molecule has 62 valence electrons. The Morgan fingerprint density at radius 2 is 1.92 bits per heavy atom. The molecular weight excluding hydrogens is 150 g/mol. The van der Waals surface area contributed by atoms with Crippen molar-refractivity contribution in [2.24, 2.45) is 0 Å². The molecule has 0 fully saturated rings. The summed E-state index contributed by atoms with van der Waals surface area (Å²) in [5.41, 5.74) is 1.64. The minimum atomic E-state index is -0.187. The van der Waals surface area contributed by atoms with Crippen molar-refractivity contribution < 1.29 is 4.79 Å². The molecule has 1 aromatic rings. The molecule has 2 nitrogen and oxygen atoms in total. The third-order valence-corrected chi connectivity index (χ3v) is 1.73. The summed E-state index contributed by atoms with van der Waals surface area (Å²) in [6.45, 7) is 3.38. The molecule has 0 aromatic heterocycles. The monoisotopic (exact) mass is 161 g/mol. The normalized spacial score (nSPS) is 9.50. The predicted molar refractivity (Wildman–Crippen MR) is 48.9 cm³/mol. The fourth-order valence-corrected chi connectivity index (χ4v) is 1.03. The molecule has 1 N–H and O–H groups in total. The van der Waals surface area contributed by atoms with Gasteiger partial charge >= 0.3 is 0 Å². The van der Waals surface area contributed by atoms with Gasteiger partial charge in [0.05, 0.1) is 5.71 Å². The minimum Gasteiger partial charge on any atom is -0.302 e. The van der Waals surface area contributed by atoms with Crippen LogP contribution in [0.2, 0.25) is 0 Å². The number of aryl methyl sites for hydroxylation is 1. The summed E-state index contributed by atoms with van der Waals surface area (Å²) < 4.78 is 0. The van der Waals surface area contributed by atoms with Crippen molar-refractivity contribution >= 4 is 11.5 Å². The number of benzene rings is 1. The van der Waals surface area contributed by atoms with Gasteiger partial charge in [0, 0.05) is 5.56 Å². The van der Waals surface area contributed by atoms with Gasteiger partial charge in [-0.1, -0.05) is 24.3 Å². The average molecular weight is 161 g/mol. The van der Waals surface area contributed by atoms with Crippen LogP contribution in [0.5, 0.6) is 0 Å². The van der Waals surface area contributed by atoms with Crippen LogP contribution in [0.3, 0.4) is 0 Å². The van der Waals surface area contributed by atoms with Crippen LogP contribution in [0.1, 0.15) is 22.8 Å². The van der Waals surface area contributed by atoms with Gasteiger partial charge in [-0.3, -0.25) is 4.79 Å². The number of hydrogen-bond acceptors (Lipinski definition) is 2. The predicted octanol–water partition coefficient (Wildman–Crippen LogP) is 2.22. The molecule has 0 aliphatic carbocycles. The lowest BCUT2D eigenvalue weighted by Gasteiger charge is -2.01. The second kappa shape index (κ2) is 3.30. The molecule has 0 amide bonds. The summed E-state index contributed by atoms with van der Waals surface area (Å²) in [7, 11) is 0. The molecule has 2 heteroatoms. The van der Waals surface area contributed by atoms with E-state index in [0.717, 1.165) is 5.56 Å². The van der Waals surface area contributed by atoms with Crippen LogP contribution in [0, 0.1) is 12.3 Å². The summed E-state index contributed by atoms with van der Waals surface area (Å²) in [6.07, 6.45) is 0. The second-order valence-corrected chi connectivity index (χ2v) is 2.77. The zero-order chi connectivity index (χ0) is 9.14. The van der Waals surface area contributed by atoms with Gasteiger partial charge in [-0.05, 0) is 19.4 Å². The van der Waals surface area contributed by atoms with Crippen LogP contribution >= 0.6 is 0 Å². The van der Waals surface area contributed by atoms with Crippen LogP contribution in [0.15, 0.2) is 24.3 Å². The maximum absolute atomic E-state index is 11.3. The number of hydrogen-bond donors (Lipinski definition) is 1. The van der Waals surface area contributed by atoms with Gasteiger partial charge in [-0.2, -0.15) is 0 Å². The zero-order valence-electron chi connectivity index (χ0n) is 7.22. The topological polar surface area (TPSA) is 40.9 Å². The first-order chi connectivity index (χ1) is 5.63. The lowest BCUT2D eigenvalue weighted by atomic mass is 10.0. The van der Waals surface area contributed by atoms with Gasteiger partial charge in [-0.25, -0.2) is 0 Å². The minimum absolute atomic E-state index is 0.0873. The number of carbonyl (C=O) groups excluding carboxylic acids is 1. The van der Waals surface area contributed by atoms with E-state index in [4.69, 9.17) is 5.41 Å². The Balaban J connectivity index is 3.11. The summed E-state index contributed by atoms with van der Waals surface area (Å²) >= 11 is 0. The number of rotatable bonds is 2. The summed E-state index contributed by atoms with van der Waals surface area (Å²) in [4.78, 5) is 11.3. The van der Waals surface area contributed by atoms with Crippen LogP contribution < -0.4 is 0 Å². The van der Waals surface area contributed by atoms with E-state index in [2.05, 4.69) is 0 Å². The maximum atomic E-state index is 11.3. The Kier molecular flexibility index (Phi) is 2.38. The fourth-order valence-electron chi connectivity index (χ4n) is 1.03. The SMILES string of the molecule is CC(=N)C(=O)c1ccccc1C. The molecule has 0 spiro atoms. The molecule has 0 radical (unpaired) electrons. The molecule has 1 rings (SSSR count). The standard InChI is InChI=1S/C10H11NO/c1-7-5-3-4-6-9(7)10(12)8(2)11/h3-6,11H,1-2H3. The van der Waals surface area contributed by atoms with Gasteiger partial charge in [0.2, 0.25) is 5.78 Å². The van der Waals surface area contributed by atoms with Crippen LogP contribution in [-0.4, -0.2) is 11.5 Å². The van der Waals surface area contributed by atoms with Crippen molar-refractivity contribution in [3.8, 4) is 0 Å². The highest BCUT2D eigenvalue weighted by Crippen LogP contribution is 2.07. The largest absolute Gasteiger partial charge is 0.302 e. The Labute approximate surface area is 71.7 Å². The summed E-state index contributed by atoms with van der Waals surface area (Å²) in [5.74, 6) is -0.187. The van der Waals surface area contributed by atoms with E-state index in [0.29, 0.717) is 5.56 Å². The highest BCUT2D eigenvalue weighted by Gasteiger charge is 2.09. The molecule has 0 aliphatic heterocycles. The molecule has 12 heavy (non-hydrogen) atoms. The molecule has 0 unspecified atom stereocenters. The van der Waals surface area contributed by atoms with Crippen molar-refractivity contribution in [2.45, 2.75) is 13.8 Å². The van der Waals surface area contributed by atoms with Crippen LogP contribution in [-0.2, 0) is 0 Å². The summed E-state index contributed by atoms with van der Waals surface area (Å²) in [6, 6.07) is 7.31. The Hall–Kier alpha value is -1.44. The smallest absolute Gasteiger partial charge is 0.206 e. The van der Waals surface area contributed by atoms with Gasteiger partial charge in [0.15, 0.2) is 0 Å². The van der Waals surface area contributed by atoms with Crippen molar-refractivity contribution in [1.29, 1.82) is 5.41 Å². The Bertz CT molecular complexity index is 328. The molecule has 0 heterocycles. The first kappa shape index (κ1) is 8.65. The molecule has 0 aliphatic rings. The highest BCUT2D eigenvalue weighted by molar-refractivity contribution is 6.44. The van der Waals surface area contributed by atoms with Crippen molar-refractivity contribution in [1.82, 2.24) is 0 Å². The second-order valence-electron chi connectivity index (χ2n) is 2.77. The summed E-state index contributed by atoms with van der Waals surface area (Å²) in [5, 5.41) is 7.18. The lowest BCUT2D eigenvalue weighted by molar-refractivity contribution is 0.106. The fraction of sp³-hybridized carbons (Fsp3) is 0.200. The Morgan fingerprint density at radius 3 is 2.42 bits per heavy atom. The maximum Gasteiger partial charge on any atom is 0.206 e. The number of ketones is 1. The van der Waals surface area contributed by atoms with Gasteiger partial charge in [0.1, 0.15) is 0 Å². The van der Waals surface area contributed by atoms with E-state index in [1.165, 1.54) is 6.92 Å². The lowest BCUT2D eigenvalue weighted by Crippen LogP contribution is -2.10. The number of Topliss-reactive ketones (excluding diaryl/α,β-unsaturated/α-hetero) is 1. The van der Waals surface area contributed by atoms with Crippen LogP contribution in [0.25, 0.3) is 0 Å². The molecule has 0 bridgehead atoms. The zero-order valence-corrected chi connectivity index (χ0v) is 7.22. The number of carbonyl (C=O) groups is 1. The molecule has 0 saturated carbocycles. The van der Waals surface area contributed by atoms with E-state index in [9.17, 15) is 4.79 Å². The van der Waals surface area contributed by atoms with Crippen molar-refractivity contribution in [3.63, 3.8) is 0 Å². The molecule has 0 atom stereocenters. The van der Waals surface area contributed by atoms with E-state index in [1.54, 1.807) is 6.07 Å². The quantitative estimate of drug-likeness (QED) is 0.524. The van der Waals surface area contributed by atoms with Gasteiger partial charge in [-0.15, -0.1) is 0 Å². The third-order valence-electron chi connectivity index (χ3n) is 1.73. The van der Waals surface area contributed by atoms with Gasteiger partial charge < -0.3 is 5.41 Å². The molecular formula is C10H11NO. The molecule has 0 saturated heterocycles. The first-order valence-electron chi connectivity index (χ1n) is 3.78. The Morgan fingerprint density at radius 1 is 1.33 bits per heavy atom. The van der Waals surface area contributed by atoms with E-state index >= 15 is 0 Å². The van der Waals surface area contributed by atoms with E-state index in [1.807, 2.05) is 25.1 Å². The first-order valence-corrected chi connectivity index (χ1v) is 3.78. The van der Waals surface area contributed by atoms with Crippen LogP contribution in [0.4, 0.5) is 0 Å². The highest BCUT2D eigenvalue weighted by atomic mass is 16.1. The molecule has 1 aromatic carbocycles. The average Bonchev–Trinajstić information content (AvgIpc) is 2.04. The van der Waals surface area contributed by atoms with E-state index in [-0.39, 0.29) is 11.5 Å². The van der Waals surface area contributed by atoms with E-state index < -0.39 is 0 Å². The number of nitrogens with one attached hydrogen (secondary N) is 1. The van der Waals surface area contributed by atoms with Gasteiger partial charge in [0.25, 0.3) is 0 Å². The van der Waals surface area contributed by atoms with Crippen molar-refractivity contribution in [2.75, 3.05) is 0 Å². The third kappa shape index (κ3) is 1.59. The van der Waals surface area contributed by atoms with Crippen molar-refractivity contribution in [3.05, 3.63) is 35.4 Å².